The van der Waals surface area contributed by atoms with Crippen molar-refractivity contribution in [3.05, 3.63) is 46.1 Å². The van der Waals surface area contributed by atoms with Crippen LogP contribution in [0.2, 0.25) is 5.02 Å². The van der Waals surface area contributed by atoms with E-state index in [9.17, 15) is 5.21 Å². The smallest absolute Gasteiger partial charge is 0.0714 e. The van der Waals surface area contributed by atoms with Crippen molar-refractivity contribution in [1.29, 1.82) is 0 Å². The summed E-state index contributed by atoms with van der Waals surface area (Å²) >= 11 is 6.23. The zero-order valence-electron chi connectivity index (χ0n) is 19.7. The molecule has 0 atom stereocenters. The summed E-state index contributed by atoms with van der Waals surface area (Å²) in [5.41, 5.74) is 4.47. The molecule has 1 saturated heterocycles. The largest absolute Gasteiger partial charge is 0.381 e. The molecule has 1 aromatic rings. The molecule has 1 aliphatic heterocycles. The molecular weight excluding hydrogens is 382 g/mol. The molecule has 2 rings (SSSR count). The van der Waals surface area contributed by atoms with Crippen LogP contribution in [-0.4, -0.2) is 23.5 Å². The first-order valence-corrected chi connectivity index (χ1v) is 11.4. The maximum Gasteiger partial charge on any atom is 0.0714 e. The van der Waals surface area contributed by atoms with E-state index in [0.717, 1.165) is 30.8 Å². The van der Waals surface area contributed by atoms with Crippen LogP contribution in [0.1, 0.15) is 83.4 Å². The maximum absolute atomic E-state index is 10.2. The fraction of sp³-hybridized carbons (Fsp3) is 0.680. The van der Waals surface area contributed by atoms with Crippen molar-refractivity contribution in [1.82, 2.24) is 5.06 Å². The van der Waals surface area contributed by atoms with Gasteiger partial charge in [0.15, 0.2) is 0 Å². The first-order chi connectivity index (χ1) is 13.5. The Morgan fingerprint density at radius 1 is 1.14 bits per heavy atom. The number of hydrogen-bond acceptors (Lipinski definition) is 3. The minimum atomic E-state index is -0.124. The predicted molar refractivity (Wildman–Crippen MR) is 125 cm³/mol. The Morgan fingerprint density at radius 2 is 1.66 bits per heavy atom. The van der Waals surface area contributed by atoms with Gasteiger partial charge in [-0.2, -0.15) is 0 Å². The Balaban J connectivity index is 0.000000352. The van der Waals surface area contributed by atoms with E-state index in [-0.39, 0.29) is 5.41 Å². The number of nitrogens with zero attached hydrogens (tertiary/aromatic N) is 1. The van der Waals surface area contributed by atoms with Crippen LogP contribution in [0.4, 0.5) is 0 Å². The van der Waals surface area contributed by atoms with Crippen molar-refractivity contribution >= 4 is 11.6 Å². The SMILES string of the molecule is C=C(N(O)Cc1cc(C)c(C)cc1Cl)C(C)(C)CC.CCC1(CC)CCOCC1. The molecule has 1 fully saturated rings. The molecule has 1 aliphatic rings. The Hall–Kier alpha value is -1.03. The summed E-state index contributed by atoms with van der Waals surface area (Å²) in [5.74, 6) is 0. The molecule has 0 radical (unpaired) electrons. The Labute approximate surface area is 184 Å². The molecule has 1 aromatic carbocycles. The minimum absolute atomic E-state index is 0.124. The lowest BCUT2D eigenvalue weighted by molar-refractivity contribution is -0.0810. The van der Waals surface area contributed by atoms with E-state index in [1.165, 1.54) is 36.3 Å². The molecule has 0 amide bonds. The van der Waals surface area contributed by atoms with Crippen LogP contribution in [-0.2, 0) is 11.3 Å². The van der Waals surface area contributed by atoms with Crippen molar-refractivity contribution in [2.24, 2.45) is 10.8 Å². The maximum atomic E-state index is 10.2. The Morgan fingerprint density at radius 3 is 2.10 bits per heavy atom. The van der Waals surface area contributed by atoms with E-state index in [4.69, 9.17) is 16.3 Å². The highest BCUT2D eigenvalue weighted by molar-refractivity contribution is 6.31. The number of rotatable bonds is 7. The number of ether oxygens (including phenoxy) is 1. The van der Waals surface area contributed by atoms with E-state index >= 15 is 0 Å². The molecule has 1 heterocycles. The number of aryl methyl sites for hydroxylation is 2. The van der Waals surface area contributed by atoms with Crippen molar-refractivity contribution in [3.63, 3.8) is 0 Å². The molecule has 0 saturated carbocycles. The molecule has 1 N–H and O–H groups in total. The zero-order chi connectivity index (χ0) is 22.2. The van der Waals surface area contributed by atoms with E-state index in [1.807, 2.05) is 26.0 Å². The molecule has 166 valence electrons. The minimum Gasteiger partial charge on any atom is -0.381 e. The van der Waals surface area contributed by atoms with Gasteiger partial charge in [-0.05, 0) is 61.3 Å². The Kier molecular flexibility index (Phi) is 10.2. The van der Waals surface area contributed by atoms with Gasteiger partial charge in [0.2, 0.25) is 0 Å². The number of benzene rings is 1. The molecular formula is C25H42ClNO2. The summed E-state index contributed by atoms with van der Waals surface area (Å²) in [4.78, 5) is 0. The topological polar surface area (TPSA) is 32.7 Å². The lowest BCUT2D eigenvalue weighted by atomic mass is 9.76. The van der Waals surface area contributed by atoms with Crippen LogP contribution < -0.4 is 0 Å². The lowest BCUT2D eigenvalue weighted by Crippen LogP contribution is -2.28. The first-order valence-electron chi connectivity index (χ1n) is 11.0. The van der Waals surface area contributed by atoms with Gasteiger partial charge in [0.1, 0.15) is 0 Å². The second kappa shape index (κ2) is 11.4. The fourth-order valence-electron chi connectivity index (χ4n) is 3.53. The predicted octanol–water partition coefficient (Wildman–Crippen LogP) is 7.70. The van der Waals surface area contributed by atoms with E-state index in [2.05, 4.69) is 41.2 Å². The van der Waals surface area contributed by atoms with Crippen LogP contribution in [0.15, 0.2) is 24.4 Å². The van der Waals surface area contributed by atoms with E-state index in [1.54, 1.807) is 0 Å². The van der Waals surface area contributed by atoms with Gasteiger partial charge in [0, 0.05) is 29.3 Å². The van der Waals surface area contributed by atoms with E-state index in [0.29, 0.717) is 22.7 Å². The molecule has 0 aliphatic carbocycles. The number of halogens is 1. The van der Waals surface area contributed by atoms with Gasteiger partial charge in [0.05, 0.1) is 6.54 Å². The molecule has 3 nitrogen and oxygen atoms in total. The van der Waals surface area contributed by atoms with Crippen molar-refractivity contribution in [2.75, 3.05) is 13.2 Å². The van der Waals surface area contributed by atoms with Crippen LogP contribution in [0, 0.1) is 24.7 Å². The molecule has 0 unspecified atom stereocenters. The second-order valence-electron chi connectivity index (χ2n) is 9.09. The van der Waals surface area contributed by atoms with E-state index < -0.39 is 0 Å². The van der Waals surface area contributed by atoms with Crippen LogP contribution in [0.3, 0.4) is 0 Å². The fourth-order valence-corrected chi connectivity index (χ4v) is 3.81. The monoisotopic (exact) mass is 423 g/mol. The van der Waals surface area contributed by atoms with Gasteiger partial charge >= 0.3 is 0 Å². The highest BCUT2D eigenvalue weighted by atomic mass is 35.5. The van der Waals surface area contributed by atoms with Crippen molar-refractivity contribution < 1.29 is 9.94 Å². The molecule has 29 heavy (non-hydrogen) atoms. The highest BCUT2D eigenvalue weighted by Gasteiger charge is 2.28. The third-order valence-electron chi connectivity index (χ3n) is 7.01. The van der Waals surface area contributed by atoms with Crippen molar-refractivity contribution in [2.45, 2.75) is 87.1 Å². The van der Waals surface area contributed by atoms with Gasteiger partial charge in [0.25, 0.3) is 0 Å². The van der Waals surface area contributed by atoms with Crippen molar-refractivity contribution in [3.8, 4) is 0 Å². The highest BCUT2D eigenvalue weighted by Crippen LogP contribution is 2.36. The molecule has 0 spiro atoms. The average molecular weight is 424 g/mol. The number of allylic oxidation sites excluding steroid dienone is 1. The lowest BCUT2D eigenvalue weighted by Gasteiger charge is -2.35. The summed E-state index contributed by atoms with van der Waals surface area (Å²) in [7, 11) is 0. The summed E-state index contributed by atoms with van der Waals surface area (Å²) < 4.78 is 5.33. The third kappa shape index (κ3) is 7.31. The normalized spacial score (nSPS) is 16.0. The Bertz CT molecular complexity index is 657. The van der Waals surface area contributed by atoms with Crippen LogP contribution in [0.5, 0.6) is 0 Å². The summed E-state index contributed by atoms with van der Waals surface area (Å²) in [5, 5.41) is 12.1. The third-order valence-corrected chi connectivity index (χ3v) is 7.36. The van der Waals surface area contributed by atoms with Crippen LogP contribution in [0.25, 0.3) is 0 Å². The van der Waals surface area contributed by atoms with Gasteiger partial charge in [-0.1, -0.05) is 71.7 Å². The van der Waals surface area contributed by atoms with Gasteiger partial charge in [-0.15, -0.1) is 0 Å². The quantitative estimate of drug-likeness (QED) is 0.456. The standard InChI is InChI=1S/C16H24ClNO.C9H18O/c1-7-16(5,6)13(4)18(19)10-14-8-11(2)12(3)9-15(14)17;1-3-9(4-2)5-7-10-8-6-9/h8-9,19H,4,7,10H2,1-3,5-6H3;3-8H2,1-2H3. The first kappa shape index (κ1) is 26.0. The summed E-state index contributed by atoms with van der Waals surface area (Å²) in [6.45, 7) is 21.2. The zero-order valence-corrected chi connectivity index (χ0v) is 20.5. The second-order valence-corrected chi connectivity index (χ2v) is 9.50. The van der Waals surface area contributed by atoms with Gasteiger partial charge in [-0.3, -0.25) is 10.3 Å². The average Bonchev–Trinajstić information content (AvgIpc) is 2.72. The van der Waals surface area contributed by atoms with Crippen LogP contribution >= 0.6 is 11.6 Å². The molecule has 4 heteroatoms. The number of hydroxylamine groups is 2. The molecule has 0 bridgehead atoms. The molecule has 0 aromatic heterocycles. The van der Waals surface area contributed by atoms with Gasteiger partial charge in [-0.25, -0.2) is 0 Å². The summed E-state index contributed by atoms with van der Waals surface area (Å²) in [6.07, 6.45) is 6.13. The number of hydrogen-bond donors (Lipinski definition) is 1. The summed E-state index contributed by atoms with van der Waals surface area (Å²) in [6, 6.07) is 3.96. The van der Waals surface area contributed by atoms with Gasteiger partial charge < -0.3 is 4.74 Å².